The van der Waals surface area contributed by atoms with Crippen LogP contribution >= 0.6 is 0 Å². The van der Waals surface area contributed by atoms with Crippen molar-refractivity contribution >= 4 is 5.78 Å². The average molecular weight is 235 g/mol. The molecule has 1 saturated heterocycles. The highest BCUT2D eigenvalue weighted by molar-refractivity contribution is 5.75. The Morgan fingerprint density at radius 2 is 2.18 bits per heavy atom. The highest BCUT2D eigenvalue weighted by atomic mass is 16.1. The zero-order valence-corrected chi connectivity index (χ0v) is 10.7. The second-order valence-electron chi connectivity index (χ2n) is 5.02. The van der Waals surface area contributed by atoms with Crippen molar-refractivity contribution in [2.24, 2.45) is 0 Å². The zero-order chi connectivity index (χ0) is 12.3. The minimum atomic E-state index is 0.287. The van der Waals surface area contributed by atoms with Crippen LogP contribution in [0.5, 0.6) is 0 Å². The van der Waals surface area contributed by atoms with E-state index >= 15 is 0 Å². The molecule has 0 N–H and O–H groups in total. The minimum Gasteiger partial charge on any atom is -0.303 e. The van der Waals surface area contributed by atoms with Gasteiger partial charge in [0, 0.05) is 32.3 Å². The summed E-state index contributed by atoms with van der Waals surface area (Å²) in [7, 11) is 0. The van der Waals surface area contributed by atoms with E-state index in [2.05, 4.69) is 27.8 Å². The third-order valence-electron chi connectivity index (χ3n) is 3.44. The van der Waals surface area contributed by atoms with Crippen molar-refractivity contribution in [3.05, 3.63) is 18.0 Å². The van der Waals surface area contributed by atoms with E-state index < -0.39 is 0 Å². The molecule has 0 aliphatic carbocycles. The maximum atomic E-state index is 10.9. The molecule has 4 nitrogen and oxygen atoms in total. The van der Waals surface area contributed by atoms with Gasteiger partial charge in [-0.05, 0) is 32.3 Å². The quantitative estimate of drug-likeness (QED) is 0.799. The van der Waals surface area contributed by atoms with Gasteiger partial charge in [0.2, 0.25) is 0 Å². The number of ketones is 1. The van der Waals surface area contributed by atoms with Gasteiger partial charge in [0.05, 0.1) is 12.2 Å². The lowest BCUT2D eigenvalue weighted by Gasteiger charge is -2.31. The third-order valence-corrected chi connectivity index (χ3v) is 3.44. The molecule has 2 heterocycles. The van der Waals surface area contributed by atoms with Crippen LogP contribution < -0.4 is 0 Å². The lowest BCUT2D eigenvalue weighted by atomic mass is 10.0. The monoisotopic (exact) mass is 235 g/mol. The Labute approximate surface area is 103 Å². The van der Waals surface area contributed by atoms with Crippen molar-refractivity contribution in [1.29, 1.82) is 0 Å². The summed E-state index contributed by atoms with van der Waals surface area (Å²) < 4.78 is 2.09. The largest absolute Gasteiger partial charge is 0.303 e. The Balaban J connectivity index is 1.80. The Morgan fingerprint density at radius 1 is 1.47 bits per heavy atom. The first-order chi connectivity index (χ1) is 8.15. The number of piperidine rings is 1. The number of Topliss-reactive ketones (excluding diaryl/α,β-unsaturated/α-hetero) is 1. The van der Waals surface area contributed by atoms with E-state index in [1.54, 1.807) is 6.92 Å². The maximum absolute atomic E-state index is 10.9. The SMILES string of the molecule is CC(=O)CCN1CCC(n2cc(C)cn2)CC1. The van der Waals surface area contributed by atoms with Crippen LogP contribution in [0.1, 0.15) is 37.8 Å². The second kappa shape index (κ2) is 5.45. The van der Waals surface area contributed by atoms with Crippen LogP contribution in [-0.2, 0) is 4.79 Å². The molecule has 1 fully saturated rings. The molecule has 0 bridgehead atoms. The first-order valence-electron chi connectivity index (χ1n) is 6.37. The van der Waals surface area contributed by atoms with Gasteiger partial charge in [0.25, 0.3) is 0 Å². The first kappa shape index (κ1) is 12.3. The van der Waals surface area contributed by atoms with E-state index in [9.17, 15) is 4.79 Å². The van der Waals surface area contributed by atoms with Crippen molar-refractivity contribution in [2.45, 2.75) is 39.2 Å². The van der Waals surface area contributed by atoms with Gasteiger partial charge in [-0.1, -0.05) is 0 Å². The standard InChI is InChI=1S/C13H21N3O/c1-11-9-14-16(10-11)13-4-7-15(8-5-13)6-3-12(2)17/h9-10,13H,3-8H2,1-2H3. The molecule has 4 heteroatoms. The van der Waals surface area contributed by atoms with E-state index in [0.717, 1.165) is 32.5 Å². The average Bonchev–Trinajstić information content (AvgIpc) is 2.74. The van der Waals surface area contributed by atoms with Gasteiger partial charge in [0.1, 0.15) is 5.78 Å². The van der Waals surface area contributed by atoms with E-state index in [1.165, 1.54) is 5.56 Å². The number of likely N-dealkylation sites (tertiary alicyclic amines) is 1. The van der Waals surface area contributed by atoms with Gasteiger partial charge in [-0.15, -0.1) is 0 Å². The number of rotatable bonds is 4. The van der Waals surface area contributed by atoms with Gasteiger partial charge < -0.3 is 4.90 Å². The highest BCUT2D eigenvalue weighted by Gasteiger charge is 2.20. The summed E-state index contributed by atoms with van der Waals surface area (Å²) in [6.45, 7) is 6.82. The fourth-order valence-electron chi connectivity index (χ4n) is 2.36. The van der Waals surface area contributed by atoms with Crippen LogP contribution in [0.25, 0.3) is 0 Å². The highest BCUT2D eigenvalue weighted by Crippen LogP contribution is 2.21. The molecule has 0 amide bonds. The van der Waals surface area contributed by atoms with E-state index in [4.69, 9.17) is 0 Å². The molecule has 17 heavy (non-hydrogen) atoms. The summed E-state index contributed by atoms with van der Waals surface area (Å²) in [5.74, 6) is 0.287. The lowest BCUT2D eigenvalue weighted by Crippen LogP contribution is -2.35. The maximum Gasteiger partial charge on any atom is 0.131 e. The molecule has 0 saturated carbocycles. The Hall–Kier alpha value is -1.16. The Morgan fingerprint density at radius 3 is 2.71 bits per heavy atom. The number of aryl methyl sites for hydroxylation is 1. The van der Waals surface area contributed by atoms with Gasteiger partial charge in [-0.2, -0.15) is 5.10 Å². The van der Waals surface area contributed by atoms with Crippen LogP contribution in [0, 0.1) is 6.92 Å². The van der Waals surface area contributed by atoms with E-state index in [1.807, 2.05) is 6.20 Å². The lowest BCUT2D eigenvalue weighted by molar-refractivity contribution is -0.117. The smallest absolute Gasteiger partial charge is 0.131 e. The Kier molecular flexibility index (Phi) is 3.94. The van der Waals surface area contributed by atoms with Crippen molar-refractivity contribution in [1.82, 2.24) is 14.7 Å². The van der Waals surface area contributed by atoms with E-state index in [-0.39, 0.29) is 5.78 Å². The molecule has 1 aliphatic rings. The summed E-state index contributed by atoms with van der Waals surface area (Å²) in [6.07, 6.45) is 7.00. The minimum absolute atomic E-state index is 0.287. The second-order valence-corrected chi connectivity index (χ2v) is 5.02. The summed E-state index contributed by atoms with van der Waals surface area (Å²) in [6, 6.07) is 0.539. The summed E-state index contributed by atoms with van der Waals surface area (Å²) in [5, 5.41) is 4.38. The molecule has 0 aromatic carbocycles. The molecular formula is C13H21N3O. The van der Waals surface area contributed by atoms with Gasteiger partial charge in [-0.25, -0.2) is 0 Å². The van der Waals surface area contributed by atoms with Gasteiger partial charge >= 0.3 is 0 Å². The molecule has 94 valence electrons. The molecular weight excluding hydrogens is 214 g/mol. The van der Waals surface area contributed by atoms with Crippen LogP contribution in [0.3, 0.4) is 0 Å². The predicted molar refractivity (Wildman–Crippen MR) is 67.0 cm³/mol. The van der Waals surface area contributed by atoms with Crippen LogP contribution in [0.15, 0.2) is 12.4 Å². The normalized spacial score (nSPS) is 18.5. The summed E-state index contributed by atoms with van der Waals surface area (Å²) in [5.41, 5.74) is 1.23. The van der Waals surface area contributed by atoms with Crippen LogP contribution in [0.4, 0.5) is 0 Å². The van der Waals surface area contributed by atoms with Crippen molar-refractivity contribution in [3.63, 3.8) is 0 Å². The van der Waals surface area contributed by atoms with E-state index in [0.29, 0.717) is 12.5 Å². The number of aromatic nitrogens is 2. The number of nitrogens with zero attached hydrogens (tertiary/aromatic N) is 3. The molecule has 0 atom stereocenters. The molecule has 0 spiro atoms. The number of carbonyl (C=O) groups excluding carboxylic acids is 1. The summed E-state index contributed by atoms with van der Waals surface area (Å²) >= 11 is 0. The number of hydrogen-bond donors (Lipinski definition) is 0. The summed E-state index contributed by atoms with van der Waals surface area (Å²) in [4.78, 5) is 13.3. The zero-order valence-electron chi connectivity index (χ0n) is 10.7. The molecule has 0 radical (unpaired) electrons. The van der Waals surface area contributed by atoms with Crippen LogP contribution in [0.2, 0.25) is 0 Å². The Bertz CT molecular complexity index is 378. The van der Waals surface area contributed by atoms with Crippen molar-refractivity contribution in [2.75, 3.05) is 19.6 Å². The molecule has 1 aliphatic heterocycles. The molecule has 1 aromatic heterocycles. The van der Waals surface area contributed by atoms with Gasteiger partial charge in [0.15, 0.2) is 0 Å². The molecule has 1 aromatic rings. The number of hydrogen-bond acceptors (Lipinski definition) is 3. The topological polar surface area (TPSA) is 38.1 Å². The first-order valence-corrected chi connectivity index (χ1v) is 6.37. The third kappa shape index (κ3) is 3.40. The van der Waals surface area contributed by atoms with Crippen LogP contribution in [-0.4, -0.2) is 40.1 Å². The van der Waals surface area contributed by atoms with Crippen molar-refractivity contribution < 1.29 is 4.79 Å². The fourth-order valence-corrected chi connectivity index (χ4v) is 2.36. The fraction of sp³-hybridized carbons (Fsp3) is 0.692. The molecule has 2 rings (SSSR count). The van der Waals surface area contributed by atoms with Crippen molar-refractivity contribution in [3.8, 4) is 0 Å². The number of carbonyl (C=O) groups is 1. The van der Waals surface area contributed by atoms with Gasteiger partial charge in [-0.3, -0.25) is 9.48 Å². The predicted octanol–water partition coefficient (Wildman–Crippen LogP) is 1.81. The molecule has 0 unspecified atom stereocenters.